The molecule has 28 heavy (non-hydrogen) atoms. The van der Waals surface area contributed by atoms with Crippen molar-refractivity contribution >= 4 is 32.4 Å². The van der Waals surface area contributed by atoms with Gasteiger partial charge in [0.05, 0.1) is 22.6 Å². The average molecular weight is 498 g/mol. The van der Waals surface area contributed by atoms with Crippen molar-refractivity contribution in [3.05, 3.63) is 23.3 Å². The molecule has 3 aliphatic rings. The van der Waals surface area contributed by atoms with E-state index in [1.807, 2.05) is 6.92 Å². The minimum atomic E-state index is -0.226. The van der Waals surface area contributed by atoms with Gasteiger partial charge in [-0.1, -0.05) is 44.4 Å². The summed E-state index contributed by atoms with van der Waals surface area (Å²) in [7, 11) is 0. The van der Waals surface area contributed by atoms with Gasteiger partial charge in [-0.15, -0.1) is 0 Å². The van der Waals surface area contributed by atoms with Crippen LogP contribution in [-0.2, 0) is 9.53 Å². The molecule has 0 aromatic carbocycles. The molecule has 156 valence electrons. The molecule has 1 fully saturated rings. The van der Waals surface area contributed by atoms with E-state index >= 15 is 0 Å². The summed E-state index contributed by atoms with van der Waals surface area (Å²) < 4.78 is 5.07. The molecule has 0 N–H and O–H groups in total. The number of hydrogen-bond acceptors (Lipinski definition) is 3. The average Bonchev–Trinajstić information content (AvgIpc) is 3.30. The highest BCUT2D eigenvalue weighted by molar-refractivity contribution is 14.1. The minimum Gasteiger partial charge on any atom is -0.455 e. The summed E-state index contributed by atoms with van der Waals surface area (Å²) in [6, 6.07) is 0. The summed E-state index contributed by atoms with van der Waals surface area (Å²) in [4.78, 5) is 24.1. The number of fused-ring (bicyclic) bond motifs is 3. The van der Waals surface area contributed by atoms with Crippen LogP contribution in [0.25, 0.3) is 0 Å². The van der Waals surface area contributed by atoms with Crippen molar-refractivity contribution in [3.8, 4) is 0 Å². The van der Waals surface area contributed by atoms with Crippen molar-refractivity contribution in [1.82, 2.24) is 0 Å². The first-order chi connectivity index (χ1) is 13.4. The van der Waals surface area contributed by atoms with E-state index in [2.05, 4.69) is 26.0 Å². The number of unbranched alkanes of at least 4 members (excludes halogenated alkanes) is 1. The zero-order chi connectivity index (χ0) is 20.3. The maximum absolute atomic E-state index is 13.0. The summed E-state index contributed by atoms with van der Waals surface area (Å²) >= 11 is 1.69. The number of carbonyl (C=O) groups is 2. The Morgan fingerprint density at radius 1 is 1.21 bits per heavy atom. The van der Waals surface area contributed by atoms with Gasteiger partial charge in [-0.2, -0.15) is 0 Å². The lowest BCUT2D eigenvalue weighted by molar-refractivity contribution is -0.119. The molecule has 0 unspecified atom stereocenters. The lowest BCUT2D eigenvalue weighted by Crippen LogP contribution is -2.26. The SMILES string of the molecule is CC[C@@H](CCCC[C@@H](C)C(=O)C1=C[C@H]2[C@@H]3CCC[C@H]3C(C)=C[C@H]2C1)OC(=O)I. The second-order valence-corrected chi connectivity index (χ2v) is 10.1. The Kier molecular flexibility index (Phi) is 7.80. The maximum Gasteiger partial charge on any atom is 0.367 e. The zero-order valence-corrected chi connectivity index (χ0v) is 19.7. The highest BCUT2D eigenvalue weighted by Gasteiger charge is 2.43. The normalized spacial score (nSPS) is 30.7. The van der Waals surface area contributed by atoms with Crippen molar-refractivity contribution in [1.29, 1.82) is 0 Å². The number of allylic oxidation sites excluding steroid dienone is 4. The molecule has 0 spiro atoms. The quantitative estimate of drug-likeness (QED) is 0.148. The van der Waals surface area contributed by atoms with Crippen molar-refractivity contribution in [2.24, 2.45) is 29.6 Å². The van der Waals surface area contributed by atoms with Crippen LogP contribution in [0.3, 0.4) is 0 Å². The largest absolute Gasteiger partial charge is 0.455 e. The van der Waals surface area contributed by atoms with Gasteiger partial charge in [-0.3, -0.25) is 4.79 Å². The van der Waals surface area contributed by atoms with Gasteiger partial charge >= 0.3 is 3.98 Å². The van der Waals surface area contributed by atoms with E-state index < -0.39 is 0 Å². The van der Waals surface area contributed by atoms with E-state index in [4.69, 9.17) is 4.74 Å². The smallest absolute Gasteiger partial charge is 0.367 e. The molecule has 3 aliphatic carbocycles. The highest BCUT2D eigenvalue weighted by Crippen LogP contribution is 2.52. The van der Waals surface area contributed by atoms with Crippen LogP contribution in [0.1, 0.15) is 78.6 Å². The second-order valence-electron chi connectivity index (χ2n) is 9.18. The third-order valence-electron chi connectivity index (χ3n) is 7.36. The predicted octanol–water partition coefficient (Wildman–Crippen LogP) is 7.04. The van der Waals surface area contributed by atoms with Crippen LogP contribution in [0, 0.1) is 29.6 Å². The van der Waals surface area contributed by atoms with E-state index in [9.17, 15) is 9.59 Å². The lowest BCUT2D eigenvalue weighted by Gasteiger charge is -2.34. The summed E-state index contributed by atoms with van der Waals surface area (Å²) in [5.74, 6) is 3.20. The van der Waals surface area contributed by atoms with Crippen LogP contribution in [0.15, 0.2) is 23.3 Å². The highest BCUT2D eigenvalue weighted by atomic mass is 127. The van der Waals surface area contributed by atoms with Crippen molar-refractivity contribution < 1.29 is 14.3 Å². The van der Waals surface area contributed by atoms with Gasteiger partial charge in [0.2, 0.25) is 0 Å². The minimum absolute atomic E-state index is 0.0189. The Hall–Kier alpha value is -0.650. The molecular weight excluding hydrogens is 463 g/mol. The number of ether oxygens (including phenoxy) is 1. The van der Waals surface area contributed by atoms with Crippen LogP contribution < -0.4 is 0 Å². The molecule has 0 saturated heterocycles. The third kappa shape index (κ3) is 5.09. The molecule has 0 radical (unpaired) electrons. The summed E-state index contributed by atoms with van der Waals surface area (Å²) in [6.45, 7) is 6.45. The van der Waals surface area contributed by atoms with Crippen molar-refractivity contribution in [2.45, 2.75) is 84.7 Å². The zero-order valence-electron chi connectivity index (χ0n) is 17.6. The van der Waals surface area contributed by atoms with Crippen LogP contribution in [0.5, 0.6) is 0 Å². The van der Waals surface area contributed by atoms with Crippen LogP contribution >= 0.6 is 22.6 Å². The second kappa shape index (κ2) is 9.90. The summed E-state index contributed by atoms with van der Waals surface area (Å²) in [5.41, 5.74) is 2.68. The number of ketones is 1. The molecule has 0 bridgehead atoms. The van der Waals surface area contributed by atoms with Crippen molar-refractivity contribution in [3.63, 3.8) is 0 Å². The standard InChI is InChI=1S/C24H35IO3/c1-4-19(28-24(25)27)9-6-5-8-15(2)23(26)18-13-17-12-16(3)20-10-7-11-21(20)22(17)14-18/h12,14-15,17,19-22H,4-11,13H2,1-3H3/t15-,17+,19+,20+,21-,22-/m1/s1. The monoisotopic (exact) mass is 498 g/mol. The van der Waals surface area contributed by atoms with Crippen LogP contribution in [0.4, 0.5) is 4.79 Å². The molecule has 6 atom stereocenters. The first kappa shape index (κ1) is 22.0. The number of carbonyl (C=O) groups excluding carboxylic acids is 2. The van der Waals surface area contributed by atoms with Crippen LogP contribution in [0.2, 0.25) is 0 Å². The maximum atomic E-state index is 13.0. The van der Waals surface area contributed by atoms with Gasteiger partial charge in [0.15, 0.2) is 5.78 Å². The Bertz CT molecular complexity index is 650. The molecule has 3 rings (SSSR count). The lowest BCUT2D eigenvalue weighted by atomic mass is 9.70. The van der Waals surface area contributed by atoms with E-state index in [0.717, 1.165) is 55.9 Å². The van der Waals surface area contributed by atoms with E-state index in [1.165, 1.54) is 19.3 Å². The van der Waals surface area contributed by atoms with E-state index in [0.29, 0.717) is 17.6 Å². The fourth-order valence-corrected chi connectivity index (χ4v) is 6.19. The molecule has 1 saturated carbocycles. The first-order valence-corrected chi connectivity index (χ1v) is 12.3. The number of hydrogen-bond donors (Lipinski definition) is 0. The molecule has 0 aromatic heterocycles. The molecule has 0 amide bonds. The Morgan fingerprint density at radius 3 is 2.68 bits per heavy atom. The van der Waals surface area contributed by atoms with Gasteiger partial charge in [-0.05, 0) is 81.1 Å². The molecule has 0 heterocycles. The number of Topliss-reactive ketones (excluding diaryl/α,β-unsaturated/α-hetero) is 1. The summed E-state index contributed by atoms with van der Waals surface area (Å²) in [6.07, 6.45) is 14.6. The van der Waals surface area contributed by atoms with Gasteiger partial charge in [0.1, 0.15) is 6.10 Å². The van der Waals surface area contributed by atoms with E-state index in [1.54, 1.807) is 28.2 Å². The van der Waals surface area contributed by atoms with Gasteiger partial charge in [0, 0.05) is 5.92 Å². The first-order valence-electron chi connectivity index (χ1n) is 11.2. The molecule has 0 aliphatic heterocycles. The fraction of sp³-hybridized carbons (Fsp3) is 0.750. The van der Waals surface area contributed by atoms with Gasteiger partial charge in [0.25, 0.3) is 0 Å². The van der Waals surface area contributed by atoms with Gasteiger partial charge in [-0.25, -0.2) is 4.79 Å². The Morgan fingerprint density at radius 2 is 1.96 bits per heavy atom. The summed E-state index contributed by atoms with van der Waals surface area (Å²) in [5, 5.41) is 0. The van der Waals surface area contributed by atoms with Crippen LogP contribution in [-0.4, -0.2) is 15.9 Å². The predicted molar refractivity (Wildman–Crippen MR) is 121 cm³/mol. The number of halogens is 1. The topological polar surface area (TPSA) is 43.4 Å². The third-order valence-corrected chi connectivity index (χ3v) is 7.62. The molecule has 0 aromatic rings. The molecular formula is C24H35IO3. The Balaban J connectivity index is 1.48. The Labute approximate surface area is 183 Å². The molecule has 3 nitrogen and oxygen atoms in total. The molecule has 4 heteroatoms. The van der Waals surface area contributed by atoms with Gasteiger partial charge < -0.3 is 4.74 Å². The van der Waals surface area contributed by atoms with Crippen molar-refractivity contribution in [2.75, 3.05) is 0 Å². The van der Waals surface area contributed by atoms with E-state index in [-0.39, 0.29) is 16.0 Å². The number of rotatable bonds is 9. The fourth-order valence-electron chi connectivity index (χ4n) is 5.83.